The lowest BCUT2D eigenvalue weighted by atomic mass is 10.1. The van der Waals surface area contributed by atoms with Crippen molar-refractivity contribution >= 4 is 15.8 Å². The average molecular weight is 361 g/mol. The zero-order valence-corrected chi connectivity index (χ0v) is 15.3. The van der Waals surface area contributed by atoms with Gasteiger partial charge in [-0.15, -0.1) is 0 Å². The summed E-state index contributed by atoms with van der Waals surface area (Å²) < 4.78 is 24.8. The van der Waals surface area contributed by atoms with E-state index in [1.54, 1.807) is 12.1 Å². The molecule has 25 heavy (non-hydrogen) atoms. The molecule has 0 saturated carbocycles. The summed E-state index contributed by atoms with van der Waals surface area (Å²) in [5, 5.41) is 5.14. The van der Waals surface area contributed by atoms with Gasteiger partial charge in [0.05, 0.1) is 11.4 Å². The smallest absolute Gasteiger partial charge is 0.238 e. The third-order valence-electron chi connectivity index (χ3n) is 4.72. The summed E-state index contributed by atoms with van der Waals surface area (Å²) in [5.74, 6) is 0.127. The SMILES string of the molecule is Cc1cc(C(=O)CN2CCCC2)c(C)n1-c1ccc(S(N)(=O)=O)cc1. The molecule has 0 radical (unpaired) electrons. The van der Waals surface area contributed by atoms with E-state index in [0.717, 1.165) is 48.6 Å². The second kappa shape index (κ2) is 6.74. The summed E-state index contributed by atoms with van der Waals surface area (Å²) in [7, 11) is -3.71. The summed E-state index contributed by atoms with van der Waals surface area (Å²) in [4.78, 5) is 14.9. The van der Waals surface area contributed by atoms with Crippen molar-refractivity contribution in [2.45, 2.75) is 31.6 Å². The van der Waals surface area contributed by atoms with Crippen LogP contribution in [-0.2, 0) is 10.0 Å². The van der Waals surface area contributed by atoms with Gasteiger partial charge in [-0.2, -0.15) is 0 Å². The number of aromatic nitrogens is 1. The van der Waals surface area contributed by atoms with Crippen LogP contribution in [0, 0.1) is 13.8 Å². The van der Waals surface area contributed by atoms with Gasteiger partial charge in [-0.05, 0) is 70.1 Å². The molecule has 0 spiro atoms. The standard InChI is InChI=1S/C18H23N3O3S/c1-13-11-17(18(22)12-20-9-3-4-10-20)14(2)21(13)15-5-7-16(8-6-15)25(19,23)24/h5-8,11H,3-4,9-10,12H2,1-2H3,(H2,19,23,24). The third kappa shape index (κ3) is 3.68. The Kier molecular flexibility index (Phi) is 4.81. The molecule has 1 aliphatic heterocycles. The highest BCUT2D eigenvalue weighted by molar-refractivity contribution is 7.89. The lowest BCUT2D eigenvalue weighted by Crippen LogP contribution is -2.27. The maximum absolute atomic E-state index is 12.7. The summed E-state index contributed by atoms with van der Waals surface area (Å²) in [6, 6.07) is 8.27. The van der Waals surface area contributed by atoms with Gasteiger partial charge in [-0.3, -0.25) is 9.69 Å². The number of ketones is 1. The van der Waals surface area contributed by atoms with Crippen LogP contribution in [0.2, 0.25) is 0 Å². The molecule has 2 N–H and O–H groups in total. The number of carbonyl (C=O) groups is 1. The van der Waals surface area contributed by atoms with Crippen molar-refractivity contribution in [1.82, 2.24) is 9.47 Å². The van der Waals surface area contributed by atoms with Gasteiger partial charge >= 0.3 is 0 Å². The number of hydrogen-bond acceptors (Lipinski definition) is 4. The summed E-state index contributed by atoms with van der Waals surface area (Å²) in [5.41, 5.74) is 3.33. The molecule has 1 saturated heterocycles. The van der Waals surface area contributed by atoms with Crippen LogP contribution in [-0.4, -0.2) is 43.3 Å². The van der Waals surface area contributed by atoms with E-state index < -0.39 is 10.0 Å². The number of rotatable bonds is 5. The molecule has 7 heteroatoms. The number of likely N-dealkylation sites (tertiary alicyclic amines) is 1. The van der Waals surface area contributed by atoms with Crippen LogP contribution in [0.3, 0.4) is 0 Å². The van der Waals surface area contributed by atoms with Crippen molar-refractivity contribution in [3.05, 3.63) is 47.3 Å². The van der Waals surface area contributed by atoms with Crippen LogP contribution < -0.4 is 5.14 Å². The molecule has 134 valence electrons. The van der Waals surface area contributed by atoms with E-state index in [2.05, 4.69) is 4.90 Å². The minimum atomic E-state index is -3.71. The predicted octanol–water partition coefficient (Wildman–Crippen LogP) is 2.02. The number of carbonyl (C=O) groups excluding carboxylic acids is 1. The van der Waals surface area contributed by atoms with Gasteiger partial charge in [0, 0.05) is 22.6 Å². The molecule has 1 aromatic carbocycles. The molecule has 2 aromatic rings. The molecule has 0 unspecified atom stereocenters. The van der Waals surface area contributed by atoms with Gasteiger partial charge in [-0.1, -0.05) is 0 Å². The van der Waals surface area contributed by atoms with Crippen LogP contribution in [0.1, 0.15) is 34.6 Å². The Labute approximate surface area is 148 Å². The Morgan fingerprint density at radius 1 is 1.12 bits per heavy atom. The first kappa shape index (κ1) is 17.8. The Morgan fingerprint density at radius 3 is 2.28 bits per heavy atom. The van der Waals surface area contributed by atoms with Crippen LogP contribution in [0.4, 0.5) is 0 Å². The topological polar surface area (TPSA) is 85.4 Å². The number of primary sulfonamides is 1. The number of nitrogens with two attached hydrogens (primary N) is 1. The molecule has 1 aromatic heterocycles. The van der Waals surface area contributed by atoms with Crippen molar-refractivity contribution in [3.8, 4) is 5.69 Å². The molecular weight excluding hydrogens is 338 g/mol. The lowest BCUT2D eigenvalue weighted by molar-refractivity contribution is 0.0944. The van der Waals surface area contributed by atoms with Gasteiger partial charge in [0.15, 0.2) is 5.78 Å². The fraction of sp³-hybridized carbons (Fsp3) is 0.389. The maximum atomic E-state index is 12.7. The molecule has 3 rings (SSSR count). The Balaban J connectivity index is 1.90. The highest BCUT2D eigenvalue weighted by atomic mass is 32.2. The Hall–Kier alpha value is -1.96. The summed E-state index contributed by atoms with van der Waals surface area (Å²) in [6.45, 7) is 6.28. The second-order valence-electron chi connectivity index (χ2n) is 6.57. The molecule has 0 atom stereocenters. The van der Waals surface area contributed by atoms with E-state index in [4.69, 9.17) is 5.14 Å². The number of Topliss-reactive ketones (excluding diaryl/α,β-unsaturated/α-hetero) is 1. The summed E-state index contributed by atoms with van der Waals surface area (Å²) in [6.07, 6.45) is 2.31. The maximum Gasteiger partial charge on any atom is 0.238 e. The minimum absolute atomic E-state index is 0.0732. The first-order valence-electron chi connectivity index (χ1n) is 8.35. The molecule has 1 fully saturated rings. The molecule has 6 nitrogen and oxygen atoms in total. The van der Waals surface area contributed by atoms with Crippen molar-refractivity contribution in [3.63, 3.8) is 0 Å². The zero-order valence-electron chi connectivity index (χ0n) is 14.5. The second-order valence-corrected chi connectivity index (χ2v) is 8.13. The van der Waals surface area contributed by atoms with Crippen molar-refractivity contribution in [1.29, 1.82) is 0 Å². The van der Waals surface area contributed by atoms with Crippen LogP contribution in [0.15, 0.2) is 35.2 Å². The lowest BCUT2D eigenvalue weighted by Gasteiger charge is -2.14. The summed E-state index contributed by atoms with van der Waals surface area (Å²) >= 11 is 0. The number of sulfonamides is 1. The fourth-order valence-corrected chi connectivity index (χ4v) is 3.97. The molecule has 0 bridgehead atoms. The molecule has 0 amide bonds. The molecule has 0 aliphatic carbocycles. The molecule has 1 aliphatic rings. The van der Waals surface area contributed by atoms with Gasteiger partial charge in [-0.25, -0.2) is 13.6 Å². The number of nitrogens with zero attached hydrogens (tertiary/aromatic N) is 2. The first-order valence-corrected chi connectivity index (χ1v) is 9.90. The van der Waals surface area contributed by atoms with Crippen LogP contribution in [0.5, 0.6) is 0 Å². The number of benzene rings is 1. The quantitative estimate of drug-likeness (QED) is 0.826. The molecular formula is C18H23N3O3S. The van der Waals surface area contributed by atoms with E-state index in [9.17, 15) is 13.2 Å². The average Bonchev–Trinajstić information content (AvgIpc) is 3.14. The molecule has 2 heterocycles. The third-order valence-corrected chi connectivity index (χ3v) is 5.65. The van der Waals surface area contributed by atoms with E-state index in [-0.39, 0.29) is 10.7 Å². The Morgan fingerprint density at radius 2 is 1.72 bits per heavy atom. The van der Waals surface area contributed by atoms with Gasteiger partial charge in [0.1, 0.15) is 0 Å². The van der Waals surface area contributed by atoms with Crippen molar-refractivity contribution in [2.75, 3.05) is 19.6 Å². The van der Waals surface area contributed by atoms with E-state index in [1.807, 2.05) is 24.5 Å². The fourth-order valence-electron chi connectivity index (χ4n) is 3.46. The van der Waals surface area contributed by atoms with Gasteiger partial charge in [0.25, 0.3) is 0 Å². The van der Waals surface area contributed by atoms with Crippen molar-refractivity contribution in [2.24, 2.45) is 5.14 Å². The van der Waals surface area contributed by atoms with Crippen LogP contribution in [0.25, 0.3) is 5.69 Å². The van der Waals surface area contributed by atoms with Crippen molar-refractivity contribution < 1.29 is 13.2 Å². The van der Waals surface area contributed by atoms with Gasteiger partial charge in [0.2, 0.25) is 10.0 Å². The normalized spacial score (nSPS) is 15.6. The van der Waals surface area contributed by atoms with E-state index >= 15 is 0 Å². The number of hydrogen-bond donors (Lipinski definition) is 1. The largest absolute Gasteiger partial charge is 0.318 e. The van der Waals surface area contributed by atoms with E-state index in [1.165, 1.54) is 12.1 Å². The zero-order chi connectivity index (χ0) is 18.2. The minimum Gasteiger partial charge on any atom is -0.318 e. The first-order chi connectivity index (χ1) is 11.8. The highest BCUT2D eigenvalue weighted by Gasteiger charge is 2.21. The monoisotopic (exact) mass is 361 g/mol. The Bertz CT molecular complexity index is 892. The van der Waals surface area contributed by atoms with E-state index in [0.29, 0.717) is 6.54 Å². The highest BCUT2D eigenvalue weighted by Crippen LogP contribution is 2.23. The number of aryl methyl sites for hydroxylation is 1. The van der Waals surface area contributed by atoms with Gasteiger partial charge < -0.3 is 4.57 Å². The van der Waals surface area contributed by atoms with Crippen LogP contribution >= 0.6 is 0 Å². The predicted molar refractivity (Wildman–Crippen MR) is 96.6 cm³/mol.